The first kappa shape index (κ1) is 26.6. The Morgan fingerprint density at radius 2 is 1.63 bits per heavy atom. The molecule has 0 amide bonds. The molecule has 4 fully saturated rings. The van der Waals surface area contributed by atoms with Crippen LogP contribution in [0.5, 0.6) is 0 Å². The molecule has 0 saturated heterocycles. The molecule has 1 N–H and O–H groups in total. The van der Waals surface area contributed by atoms with E-state index >= 15 is 0 Å². The molecular formula is C31H48O4. The van der Waals surface area contributed by atoms with Gasteiger partial charge in [-0.1, -0.05) is 59.8 Å². The highest BCUT2D eigenvalue weighted by atomic mass is 16.5. The van der Waals surface area contributed by atoms with Crippen molar-refractivity contribution in [3.63, 3.8) is 0 Å². The number of esters is 1. The van der Waals surface area contributed by atoms with E-state index in [9.17, 15) is 14.7 Å². The Morgan fingerprint density at radius 3 is 2.29 bits per heavy atom. The number of rotatable bonds is 4. The molecule has 8 atom stereocenters. The van der Waals surface area contributed by atoms with Crippen LogP contribution in [0.3, 0.4) is 0 Å². The predicted molar refractivity (Wildman–Crippen MR) is 140 cm³/mol. The molecule has 0 aromatic rings. The zero-order valence-electron chi connectivity index (χ0n) is 23.4. The van der Waals surface area contributed by atoms with E-state index in [2.05, 4.69) is 47.6 Å². The fraction of sp³-hybridized carbons (Fsp3) is 0.806. The fourth-order valence-electron chi connectivity index (χ4n) is 9.89. The van der Waals surface area contributed by atoms with Gasteiger partial charge in [-0.3, -0.25) is 4.79 Å². The molecule has 0 radical (unpaired) electrons. The lowest BCUT2D eigenvalue weighted by molar-refractivity contribution is -0.269. The Labute approximate surface area is 213 Å². The Bertz CT molecular complexity index is 946. The van der Waals surface area contributed by atoms with E-state index in [1.54, 1.807) is 6.92 Å². The number of aliphatic hydroxyl groups is 1. The first-order valence-electron chi connectivity index (χ1n) is 13.9. The highest BCUT2D eigenvalue weighted by Gasteiger charge is 2.72. The van der Waals surface area contributed by atoms with Crippen LogP contribution >= 0.6 is 0 Å². The summed E-state index contributed by atoms with van der Waals surface area (Å²) in [6.45, 7) is 15.6. The predicted octanol–water partition coefficient (Wildman–Crippen LogP) is 6.67. The topological polar surface area (TPSA) is 63.6 Å². The molecule has 0 spiro atoms. The van der Waals surface area contributed by atoms with Gasteiger partial charge in [0.05, 0.1) is 12.7 Å². The lowest BCUT2D eigenvalue weighted by Gasteiger charge is -2.70. The summed E-state index contributed by atoms with van der Waals surface area (Å²) in [7, 11) is 1.41. The monoisotopic (exact) mass is 484 g/mol. The van der Waals surface area contributed by atoms with Crippen molar-refractivity contribution in [3.8, 4) is 0 Å². The van der Waals surface area contributed by atoms with E-state index in [0.29, 0.717) is 29.6 Å². The number of allylic oxidation sites excluding steroid dienone is 3. The molecule has 0 aromatic heterocycles. The summed E-state index contributed by atoms with van der Waals surface area (Å²) in [5, 5.41) is 12.6. The molecule has 4 aliphatic carbocycles. The second kappa shape index (κ2) is 8.57. The molecule has 4 rings (SSSR count). The van der Waals surface area contributed by atoms with Crippen molar-refractivity contribution in [3.05, 3.63) is 23.8 Å². The number of hydrogen-bond donors (Lipinski definition) is 1. The minimum absolute atomic E-state index is 0.0874. The summed E-state index contributed by atoms with van der Waals surface area (Å²) in [5.74, 6) is 1.58. The number of ether oxygens (including phenoxy) is 1. The van der Waals surface area contributed by atoms with Gasteiger partial charge in [0.1, 0.15) is 5.78 Å². The minimum atomic E-state index is -0.698. The van der Waals surface area contributed by atoms with Gasteiger partial charge in [0.15, 0.2) is 0 Å². The van der Waals surface area contributed by atoms with Gasteiger partial charge in [-0.2, -0.15) is 0 Å². The van der Waals surface area contributed by atoms with Gasteiger partial charge < -0.3 is 9.84 Å². The van der Waals surface area contributed by atoms with Crippen LogP contribution in [-0.4, -0.2) is 29.6 Å². The van der Waals surface area contributed by atoms with Crippen LogP contribution in [0, 0.1) is 45.3 Å². The second-order valence-corrected chi connectivity index (χ2v) is 13.7. The number of Topliss-reactive ketones (excluding diaryl/α,β-unsaturated/α-hetero) is 1. The van der Waals surface area contributed by atoms with Crippen molar-refractivity contribution >= 4 is 11.8 Å². The number of hydrogen-bond acceptors (Lipinski definition) is 4. The standard InChI is InChI=1S/C31H48O4/c1-20(10-9-11-21(2)26(33)35-8)22-14-16-29(6)24-13-12-23-27(3,4)25(32)15-17-30(23,7)31(24,34)19-18-28(22,29)5/h9-11,20,22-24,34H,12-19H2,1-8H3/b10-9+,21-11+/t20-,22-,23+,24?,28-,29+,30+,31-/m1/s1. The highest BCUT2D eigenvalue weighted by molar-refractivity contribution is 5.88. The third-order valence-corrected chi connectivity index (χ3v) is 12.3. The summed E-state index contributed by atoms with van der Waals surface area (Å²) in [5.41, 5.74) is -0.376. The maximum atomic E-state index is 12.9. The number of ketones is 1. The SMILES string of the molecule is COC(=O)/C(C)=C/C=C/[C@@H](C)[C@H]1CC[C@@]2(C)C3CC[C@H]4C(C)(C)C(=O)CC[C@]4(C)[C@@]3(O)CC[C@]12C. The van der Waals surface area contributed by atoms with Gasteiger partial charge in [-0.05, 0) is 86.4 Å². The summed E-state index contributed by atoms with van der Waals surface area (Å²) in [4.78, 5) is 24.6. The number of fused-ring (bicyclic) bond motifs is 5. The van der Waals surface area contributed by atoms with E-state index in [0.717, 1.165) is 38.5 Å². The first-order chi connectivity index (χ1) is 16.2. The van der Waals surface area contributed by atoms with Gasteiger partial charge in [0.2, 0.25) is 0 Å². The third kappa shape index (κ3) is 3.55. The maximum Gasteiger partial charge on any atom is 0.333 e. The molecule has 0 heterocycles. The fourth-order valence-corrected chi connectivity index (χ4v) is 9.89. The average molecular weight is 485 g/mol. The van der Waals surface area contributed by atoms with Gasteiger partial charge in [-0.15, -0.1) is 0 Å². The van der Waals surface area contributed by atoms with E-state index in [-0.39, 0.29) is 39.5 Å². The summed E-state index contributed by atoms with van der Waals surface area (Å²) >= 11 is 0. The van der Waals surface area contributed by atoms with Crippen LogP contribution in [0.2, 0.25) is 0 Å². The van der Waals surface area contributed by atoms with E-state index in [1.807, 2.05) is 12.2 Å². The molecular weight excluding hydrogens is 436 g/mol. The third-order valence-electron chi connectivity index (χ3n) is 12.3. The highest BCUT2D eigenvalue weighted by Crippen LogP contribution is 2.75. The van der Waals surface area contributed by atoms with Crippen LogP contribution in [0.25, 0.3) is 0 Å². The quantitative estimate of drug-likeness (QED) is 0.275. The molecule has 4 aliphatic rings. The lowest BCUT2D eigenvalue weighted by atomic mass is 9.36. The minimum Gasteiger partial charge on any atom is -0.466 e. The van der Waals surface area contributed by atoms with E-state index in [4.69, 9.17) is 4.74 Å². The van der Waals surface area contributed by atoms with Crippen LogP contribution < -0.4 is 0 Å². The normalized spacial score (nSPS) is 46.0. The molecule has 35 heavy (non-hydrogen) atoms. The second-order valence-electron chi connectivity index (χ2n) is 13.7. The lowest BCUT2D eigenvalue weighted by Crippen LogP contribution is -2.70. The average Bonchev–Trinajstić information content (AvgIpc) is 3.08. The van der Waals surface area contributed by atoms with Crippen LogP contribution in [0.4, 0.5) is 0 Å². The Kier molecular flexibility index (Phi) is 6.52. The Morgan fingerprint density at radius 1 is 0.971 bits per heavy atom. The van der Waals surface area contributed by atoms with Crippen molar-refractivity contribution in [2.75, 3.05) is 7.11 Å². The summed E-state index contributed by atoms with van der Waals surface area (Å²) < 4.78 is 4.81. The summed E-state index contributed by atoms with van der Waals surface area (Å²) in [6.07, 6.45) is 13.8. The number of carbonyl (C=O) groups is 2. The van der Waals surface area contributed by atoms with Crippen molar-refractivity contribution in [1.82, 2.24) is 0 Å². The molecule has 1 unspecified atom stereocenters. The van der Waals surface area contributed by atoms with E-state index in [1.165, 1.54) is 13.5 Å². The van der Waals surface area contributed by atoms with Gasteiger partial charge in [0.25, 0.3) is 0 Å². The largest absolute Gasteiger partial charge is 0.466 e. The zero-order chi connectivity index (χ0) is 26.0. The molecule has 0 bridgehead atoms. The molecule has 196 valence electrons. The Balaban J connectivity index is 1.61. The molecule has 4 nitrogen and oxygen atoms in total. The van der Waals surface area contributed by atoms with Crippen molar-refractivity contribution in [2.24, 2.45) is 45.3 Å². The van der Waals surface area contributed by atoms with Crippen LogP contribution in [-0.2, 0) is 14.3 Å². The molecule has 4 heteroatoms. The van der Waals surface area contributed by atoms with Crippen LogP contribution in [0.1, 0.15) is 99.8 Å². The Hall–Kier alpha value is -1.42. The zero-order valence-corrected chi connectivity index (χ0v) is 23.4. The van der Waals surface area contributed by atoms with E-state index < -0.39 is 5.60 Å². The number of methoxy groups -OCH3 is 1. The number of carbonyl (C=O) groups excluding carboxylic acids is 2. The maximum absolute atomic E-state index is 12.9. The molecule has 0 aromatic carbocycles. The smallest absolute Gasteiger partial charge is 0.333 e. The molecule has 0 aliphatic heterocycles. The van der Waals surface area contributed by atoms with Crippen molar-refractivity contribution in [1.29, 1.82) is 0 Å². The van der Waals surface area contributed by atoms with Gasteiger partial charge in [0, 0.05) is 22.8 Å². The van der Waals surface area contributed by atoms with Crippen LogP contribution in [0.15, 0.2) is 23.8 Å². The first-order valence-corrected chi connectivity index (χ1v) is 13.9. The molecule has 4 saturated carbocycles. The van der Waals surface area contributed by atoms with Crippen molar-refractivity contribution in [2.45, 2.75) is 105 Å². The van der Waals surface area contributed by atoms with Gasteiger partial charge in [-0.25, -0.2) is 4.79 Å². The summed E-state index contributed by atoms with van der Waals surface area (Å²) in [6, 6.07) is 0. The van der Waals surface area contributed by atoms with Gasteiger partial charge >= 0.3 is 5.97 Å². The van der Waals surface area contributed by atoms with Crippen molar-refractivity contribution < 1.29 is 19.4 Å².